The SMILES string of the molecule is C#Cc1c(F)ccc2cccc(-c3nc4c5c(nc(OCC6(CN7CCC(C(F)(F)F)CC7)CC6)nc5c3F)N3C[C@H]5CC[C@H](N5)[C@@H]3[C@@H](C)C4)c12. The van der Waals surface area contributed by atoms with E-state index in [1.165, 1.54) is 6.07 Å². The van der Waals surface area contributed by atoms with Crippen molar-refractivity contribution in [2.24, 2.45) is 17.3 Å². The predicted molar refractivity (Wildman–Crippen MR) is 184 cm³/mol. The van der Waals surface area contributed by atoms with Crippen molar-refractivity contribution >= 4 is 27.5 Å². The molecule has 0 spiro atoms. The van der Waals surface area contributed by atoms with Crippen LogP contribution in [0.5, 0.6) is 6.01 Å². The molecule has 1 aliphatic carbocycles. The monoisotopic (exact) mass is 702 g/mol. The molecule has 4 fully saturated rings. The fraction of sp³-hybridized carbons (Fsp3) is 0.513. The second kappa shape index (κ2) is 12.0. The van der Waals surface area contributed by atoms with E-state index in [0.29, 0.717) is 65.8 Å². The molecule has 9 rings (SSSR count). The summed E-state index contributed by atoms with van der Waals surface area (Å²) in [6, 6.07) is 8.96. The molecule has 5 aliphatic rings. The summed E-state index contributed by atoms with van der Waals surface area (Å²) in [6.45, 7) is 4.63. The fourth-order valence-electron chi connectivity index (χ4n) is 9.33. The second-order valence-electron chi connectivity index (χ2n) is 15.5. The summed E-state index contributed by atoms with van der Waals surface area (Å²) in [4.78, 5) is 19.1. The molecular weight excluding hydrogens is 663 g/mol. The Morgan fingerprint density at radius 3 is 2.57 bits per heavy atom. The molecule has 51 heavy (non-hydrogen) atoms. The summed E-state index contributed by atoms with van der Waals surface area (Å²) in [7, 11) is 0. The van der Waals surface area contributed by atoms with Crippen molar-refractivity contribution in [3.05, 3.63) is 53.2 Å². The lowest BCUT2D eigenvalue weighted by molar-refractivity contribution is -0.185. The third-order valence-electron chi connectivity index (χ3n) is 12.1. The number of terminal acetylenes is 1. The van der Waals surface area contributed by atoms with Crippen LogP contribution in [0.4, 0.5) is 27.8 Å². The average Bonchev–Trinajstić information content (AvgIpc) is 3.80. The van der Waals surface area contributed by atoms with Crippen molar-refractivity contribution in [1.82, 2.24) is 25.2 Å². The molecule has 0 unspecified atom stereocenters. The van der Waals surface area contributed by atoms with Gasteiger partial charge in [-0.15, -0.1) is 6.42 Å². The van der Waals surface area contributed by atoms with Gasteiger partial charge in [0.05, 0.1) is 29.2 Å². The highest BCUT2D eigenvalue weighted by molar-refractivity contribution is 6.02. The normalized spacial score (nSPS) is 25.9. The van der Waals surface area contributed by atoms with Crippen LogP contribution in [-0.2, 0) is 6.42 Å². The number of anilines is 1. The first-order valence-electron chi connectivity index (χ1n) is 18.0. The van der Waals surface area contributed by atoms with E-state index in [0.717, 1.165) is 25.7 Å². The van der Waals surface area contributed by atoms with Crippen LogP contribution in [0.25, 0.3) is 32.9 Å². The number of fused-ring (bicyclic) bond motifs is 6. The Morgan fingerprint density at radius 2 is 1.82 bits per heavy atom. The third kappa shape index (κ3) is 5.59. The maximum atomic E-state index is 17.2. The molecule has 6 heterocycles. The van der Waals surface area contributed by atoms with Crippen LogP contribution in [0, 0.1) is 41.2 Å². The Hall–Kier alpha value is -4.08. The topological polar surface area (TPSA) is 66.4 Å². The van der Waals surface area contributed by atoms with E-state index in [1.54, 1.807) is 18.2 Å². The molecule has 3 saturated heterocycles. The van der Waals surface area contributed by atoms with Crippen molar-refractivity contribution in [2.75, 3.05) is 37.7 Å². The van der Waals surface area contributed by atoms with Gasteiger partial charge in [-0.3, -0.25) is 0 Å². The summed E-state index contributed by atoms with van der Waals surface area (Å²) in [6.07, 6.45) is 6.27. The van der Waals surface area contributed by atoms with E-state index in [2.05, 4.69) is 28.0 Å². The van der Waals surface area contributed by atoms with E-state index in [-0.39, 0.29) is 71.7 Å². The summed E-state index contributed by atoms with van der Waals surface area (Å²) in [5.74, 6) is 0.765. The maximum absolute atomic E-state index is 17.2. The van der Waals surface area contributed by atoms with E-state index in [1.807, 2.05) is 6.07 Å². The fourth-order valence-corrected chi connectivity index (χ4v) is 9.33. The van der Waals surface area contributed by atoms with Crippen LogP contribution in [0.2, 0.25) is 0 Å². The molecule has 4 aromatic rings. The Labute approximate surface area is 293 Å². The molecule has 266 valence electrons. The van der Waals surface area contributed by atoms with Crippen LogP contribution < -0.4 is 15.0 Å². The molecule has 0 amide bonds. The smallest absolute Gasteiger partial charge is 0.391 e. The zero-order valence-electron chi connectivity index (χ0n) is 28.4. The number of nitrogens with one attached hydrogen (secondary N) is 1. The molecule has 2 aromatic carbocycles. The number of benzene rings is 2. The molecule has 7 nitrogen and oxygen atoms in total. The first kappa shape index (κ1) is 32.8. The lowest BCUT2D eigenvalue weighted by Crippen LogP contribution is -2.60. The molecule has 2 bridgehead atoms. The number of hydrogen-bond donors (Lipinski definition) is 1. The Morgan fingerprint density at radius 1 is 1.02 bits per heavy atom. The second-order valence-corrected chi connectivity index (χ2v) is 15.5. The number of piperazine rings is 1. The number of rotatable bonds is 6. The summed E-state index contributed by atoms with van der Waals surface area (Å²) in [5, 5.41) is 5.43. The van der Waals surface area contributed by atoms with Gasteiger partial charge >= 0.3 is 12.2 Å². The van der Waals surface area contributed by atoms with Crippen LogP contribution >= 0.6 is 0 Å². The minimum atomic E-state index is -4.16. The largest absolute Gasteiger partial charge is 0.463 e. The van der Waals surface area contributed by atoms with E-state index < -0.39 is 23.7 Å². The zero-order chi connectivity index (χ0) is 35.2. The summed E-state index contributed by atoms with van der Waals surface area (Å²) >= 11 is 0. The molecular formula is C39H39F5N6O. The minimum Gasteiger partial charge on any atom is -0.463 e. The first-order chi connectivity index (χ1) is 24.5. The van der Waals surface area contributed by atoms with Crippen molar-refractivity contribution in [1.29, 1.82) is 0 Å². The minimum absolute atomic E-state index is 0.0487. The van der Waals surface area contributed by atoms with Crippen molar-refractivity contribution in [2.45, 2.75) is 76.2 Å². The maximum Gasteiger partial charge on any atom is 0.391 e. The van der Waals surface area contributed by atoms with Crippen LogP contribution in [0.3, 0.4) is 0 Å². The van der Waals surface area contributed by atoms with Gasteiger partial charge in [-0.2, -0.15) is 23.1 Å². The van der Waals surface area contributed by atoms with Crippen molar-refractivity contribution in [3.8, 4) is 29.6 Å². The number of alkyl halides is 3. The van der Waals surface area contributed by atoms with E-state index in [4.69, 9.17) is 26.1 Å². The standard InChI is InChI=1S/C39H39F5N6O/c1-3-25-27(40)9-7-22-5-4-6-26(30(22)25)33-32(41)34-31-29(46-33)17-21(2)35-28-10-8-24(45-28)18-50(35)36(31)48-37(47-34)51-20-38(13-14-38)19-49-15-11-23(12-16-49)39(42,43)44/h1,4-7,9,21,23-24,28,35,45H,8,10-20H2,2H3/t21-,24+,28-,35-/m0/s1. The Bertz CT molecular complexity index is 2090. The predicted octanol–water partition coefficient (Wildman–Crippen LogP) is 7.04. The molecule has 12 heteroatoms. The lowest BCUT2D eigenvalue weighted by Gasteiger charge is -2.43. The number of ether oxygens (including phenoxy) is 1. The highest BCUT2D eigenvalue weighted by Gasteiger charge is 2.48. The van der Waals surface area contributed by atoms with Gasteiger partial charge in [-0.1, -0.05) is 37.1 Å². The number of piperidine rings is 1. The zero-order valence-corrected chi connectivity index (χ0v) is 28.4. The quantitative estimate of drug-likeness (QED) is 0.171. The summed E-state index contributed by atoms with van der Waals surface area (Å²) < 4.78 is 78.4. The molecule has 4 atom stereocenters. The lowest BCUT2D eigenvalue weighted by atomic mass is 9.89. The van der Waals surface area contributed by atoms with Gasteiger partial charge in [-0.05, 0) is 75.4 Å². The molecule has 2 aromatic heterocycles. The number of nitrogens with zero attached hydrogens (tertiary/aromatic N) is 5. The number of hydrogen-bond acceptors (Lipinski definition) is 7. The van der Waals surface area contributed by atoms with E-state index >= 15 is 8.78 Å². The van der Waals surface area contributed by atoms with Gasteiger partial charge in [0.25, 0.3) is 0 Å². The number of pyridine rings is 1. The average molecular weight is 703 g/mol. The van der Waals surface area contributed by atoms with Crippen LogP contribution in [0.15, 0.2) is 30.3 Å². The van der Waals surface area contributed by atoms with Gasteiger partial charge in [0.1, 0.15) is 22.8 Å². The highest BCUT2D eigenvalue weighted by Crippen LogP contribution is 2.48. The molecule has 1 N–H and O–H groups in total. The molecule has 0 radical (unpaired) electrons. The van der Waals surface area contributed by atoms with Crippen molar-refractivity contribution < 1.29 is 26.7 Å². The molecule has 1 saturated carbocycles. The highest BCUT2D eigenvalue weighted by atomic mass is 19.4. The third-order valence-corrected chi connectivity index (χ3v) is 12.1. The van der Waals surface area contributed by atoms with Crippen molar-refractivity contribution in [3.63, 3.8) is 0 Å². The van der Waals surface area contributed by atoms with Crippen LogP contribution in [-0.4, -0.2) is 76.9 Å². The number of aromatic nitrogens is 3. The van der Waals surface area contributed by atoms with Gasteiger partial charge in [0, 0.05) is 47.6 Å². The number of likely N-dealkylation sites (tertiary alicyclic amines) is 1. The van der Waals surface area contributed by atoms with Gasteiger partial charge < -0.3 is 19.9 Å². The van der Waals surface area contributed by atoms with Gasteiger partial charge in [0.15, 0.2) is 5.82 Å². The number of halogens is 5. The Kier molecular flexibility index (Phi) is 7.71. The summed E-state index contributed by atoms with van der Waals surface area (Å²) in [5.41, 5.74) is 1.05. The first-order valence-corrected chi connectivity index (χ1v) is 18.0. The van der Waals surface area contributed by atoms with E-state index in [9.17, 15) is 13.2 Å². The van der Waals surface area contributed by atoms with Gasteiger partial charge in [-0.25, -0.2) is 13.8 Å². The van der Waals surface area contributed by atoms with Crippen LogP contribution in [0.1, 0.15) is 56.7 Å². The Balaban J connectivity index is 1.12. The molecule has 4 aliphatic heterocycles. The van der Waals surface area contributed by atoms with Gasteiger partial charge in [0.2, 0.25) is 0 Å².